The highest BCUT2D eigenvalue weighted by atomic mass is 35.5. The van der Waals surface area contributed by atoms with E-state index in [9.17, 15) is 9.59 Å². The summed E-state index contributed by atoms with van der Waals surface area (Å²) in [6.07, 6.45) is 1.41. The van der Waals surface area contributed by atoms with E-state index in [1.54, 1.807) is 15.7 Å². The Hall–Kier alpha value is -4.18. The number of aromatic nitrogens is 4. The van der Waals surface area contributed by atoms with Crippen LogP contribution in [-0.4, -0.2) is 75.4 Å². The second-order valence-corrected chi connectivity index (χ2v) is 15.0. The van der Waals surface area contributed by atoms with Crippen molar-refractivity contribution in [2.75, 3.05) is 37.0 Å². The predicted molar refractivity (Wildman–Crippen MR) is 195 cm³/mol. The van der Waals surface area contributed by atoms with E-state index in [1.807, 2.05) is 83.9 Å². The van der Waals surface area contributed by atoms with E-state index in [0.29, 0.717) is 46.3 Å². The van der Waals surface area contributed by atoms with Crippen LogP contribution in [0.2, 0.25) is 5.02 Å². The molecule has 4 aromatic rings. The number of benzene rings is 1. The number of rotatable bonds is 6. The normalized spacial score (nSPS) is 17.0. The number of amides is 1. The van der Waals surface area contributed by atoms with Crippen molar-refractivity contribution >= 4 is 40.2 Å². The van der Waals surface area contributed by atoms with Crippen molar-refractivity contribution in [1.29, 1.82) is 0 Å². The minimum absolute atomic E-state index is 0.0109. The summed E-state index contributed by atoms with van der Waals surface area (Å²) in [7, 11) is 3.89. The number of carbonyl (C=O) groups excluding carboxylic acids is 1. The first-order valence-electron chi connectivity index (χ1n) is 16.7. The molecule has 0 unspecified atom stereocenters. The van der Waals surface area contributed by atoms with E-state index in [2.05, 4.69) is 38.7 Å². The minimum Gasteiger partial charge on any atom is -0.444 e. The zero-order valence-electron chi connectivity index (χ0n) is 30.0. The van der Waals surface area contributed by atoms with E-state index in [1.165, 1.54) is 0 Å². The van der Waals surface area contributed by atoms with Gasteiger partial charge in [-0.3, -0.25) is 4.98 Å². The van der Waals surface area contributed by atoms with Crippen molar-refractivity contribution in [3.8, 4) is 16.9 Å². The van der Waals surface area contributed by atoms with E-state index in [4.69, 9.17) is 31.3 Å². The third kappa shape index (κ3) is 6.72. The highest BCUT2D eigenvalue weighted by Crippen LogP contribution is 2.39. The molecule has 3 aromatic heterocycles. The SMILES string of the molecule is CC(C)c1ccccc1-c1nc2c(cc1Cl)c(N1C[C@@H](C)N(C(=O)OC(C)(C)C)C[C@@H]1C)nc(=O)n2-c1c(N(C)C)ccnc1C(C)C. The number of piperazine rings is 1. The van der Waals surface area contributed by atoms with Gasteiger partial charge in [-0.15, -0.1) is 0 Å². The lowest BCUT2D eigenvalue weighted by atomic mass is 9.95. The summed E-state index contributed by atoms with van der Waals surface area (Å²) in [6, 6.07) is 11.5. The monoisotopic (exact) mass is 673 g/mol. The number of halogens is 1. The highest BCUT2D eigenvalue weighted by molar-refractivity contribution is 6.34. The molecule has 4 heterocycles. The van der Waals surface area contributed by atoms with Crippen LogP contribution in [-0.2, 0) is 4.74 Å². The molecule has 1 aliphatic heterocycles. The summed E-state index contributed by atoms with van der Waals surface area (Å²) >= 11 is 7.13. The van der Waals surface area contributed by atoms with Gasteiger partial charge in [-0.2, -0.15) is 4.98 Å². The molecule has 0 spiro atoms. The number of hydrogen-bond acceptors (Lipinski definition) is 8. The minimum atomic E-state index is -0.611. The highest BCUT2D eigenvalue weighted by Gasteiger charge is 2.37. The molecule has 1 amide bonds. The van der Waals surface area contributed by atoms with Gasteiger partial charge in [0.25, 0.3) is 0 Å². The summed E-state index contributed by atoms with van der Waals surface area (Å²) in [4.78, 5) is 48.2. The molecule has 0 saturated carbocycles. The lowest BCUT2D eigenvalue weighted by Crippen LogP contribution is -2.59. The standard InChI is InChI=1S/C37H48ClN7O3/c1-21(2)25-14-12-13-15-26(25)31-28(38)18-27-33(43-19-24(6)44(20-23(43)5)36(47)48-37(7,8)9)41-35(46)45(34(27)40-31)32-29(42(10)11)16-17-39-30(32)22(3)4/h12-18,21-24H,19-20H2,1-11H3/t23-,24+/m0/s1. The molecule has 1 aliphatic rings. The molecule has 256 valence electrons. The first kappa shape index (κ1) is 35.1. The summed E-state index contributed by atoms with van der Waals surface area (Å²) in [5, 5.41) is 1.10. The maximum absolute atomic E-state index is 14.5. The molecular formula is C37H48ClN7O3. The van der Waals surface area contributed by atoms with Gasteiger partial charge in [0.05, 0.1) is 33.2 Å². The molecule has 0 N–H and O–H groups in total. The van der Waals surface area contributed by atoms with E-state index >= 15 is 0 Å². The summed E-state index contributed by atoms with van der Waals surface area (Å²) < 4.78 is 7.31. The van der Waals surface area contributed by atoms with E-state index < -0.39 is 11.3 Å². The zero-order valence-corrected chi connectivity index (χ0v) is 30.8. The molecule has 1 fully saturated rings. The number of nitrogens with zero attached hydrogens (tertiary/aromatic N) is 7. The van der Waals surface area contributed by atoms with E-state index in [0.717, 1.165) is 22.5 Å². The number of fused-ring (bicyclic) bond motifs is 1. The Morgan fingerprint density at radius 3 is 2.31 bits per heavy atom. The third-order valence-electron chi connectivity index (χ3n) is 8.71. The van der Waals surface area contributed by atoms with Crippen LogP contribution < -0.4 is 15.5 Å². The van der Waals surface area contributed by atoms with Crippen LogP contribution in [0, 0.1) is 0 Å². The lowest BCUT2D eigenvalue weighted by molar-refractivity contribution is 0.0130. The molecule has 0 bridgehead atoms. The number of carbonyl (C=O) groups is 1. The number of pyridine rings is 2. The number of ether oxygens (including phenoxy) is 1. The first-order chi connectivity index (χ1) is 22.5. The van der Waals surface area contributed by atoms with Crippen molar-refractivity contribution in [3.05, 3.63) is 69.4 Å². The Morgan fingerprint density at radius 2 is 1.69 bits per heavy atom. The maximum atomic E-state index is 14.5. The maximum Gasteiger partial charge on any atom is 0.410 e. The summed E-state index contributed by atoms with van der Waals surface area (Å²) in [5.74, 6) is 0.713. The smallest absolute Gasteiger partial charge is 0.410 e. The average Bonchev–Trinajstić information content (AvgIpc) is 3.00. The van der Waals surface area contributed by atoms with Crippen LogP contribution in [0.3, 0.4) is 0 Å². The molecule has 0 radical (unpaired) electrons. The molecule has 2 atom stereocenters. The van der Waals surface area contributed by atoms with Gasteiger partial charge < -0.3 is 19.4 Å². The second kappa shape index (κ2) is 13.4. The molecule has 11 heteroatoms. The lowest BCUT2D eigenvalue weighted by Gasteiger charge is -2.44. The zero-order chi connectivity index (χ0) is 35.2. The molecule has 5 rings (SSSR count). The number of hydrogen-bond donors (Lipinski definition) is 0. The fourth-order valence-electron chi connectivity index (χ4n) is 6.40. The van der Waals surface area contributed by atoms with Gasteiger partial charge in [-0.05, 0) is 64.2 Å². The number of anilines is 2. The van der Waals surface area contributed by atoms with Gasteiger partial charge in [0.2, 0.25) is 0 Å². The van der Waals surface area contributed by atoms with Crippen LogP contribution in [0.4, 0.5) is 16.3 Å². The van der Waals surface area contributed by atoms with Gasteiger partial charge >= 0.3 is 11.8 Å². The molecule has 10 nitrogen and oxygen atoms in total. The van der Waals surface area contributed by atoms with Crippen LogP contribution >= 0.6 is 11.6 Å². The molecule has 1 saturated heterocycles. The quantitative estimate of drug-likeness (QED) is 0.206. The first-order valence-corrected chi connectivity index (χ1v) is 17.0. The fourth-order valence-corrected chi connectivity index (χ4v) is 6.65. The Labute approximate surface area is 288 Å². The van der Waals surface area contributed by atoms with Gasteiger partial charge in [-0.25, -0.2) is 19.1 Å². The molecular weight excluding hydrogens is 626 g/mol. The summed E-state index contributed by atoms with van der Waals surface area (Å²) in [5.41, 5.74) is 4.19. The molecule has 48 heavy (non-hydrogen) atoms. The van der Waals surface area contributed by atoms with Crippen molar-refractivity contribution in [2.24, 2.45) is 0 Å². The van der Waals surface area contributed by atoms with Crippen LogP contribution in [0.25, 0.3) is 28.0 Å². The van der Waals surface area contributed by atoms with Gasteiger partial charge in [0, 0.05) is 51.0 Å². The largest absolute Gasteiger partial charge is 0.444 e. The Balaban J connectivity index is 1.80. The Bertz CT molecular complexity index is 1870. The van der Waals surface area contributed by atoms with Gasteiger partial charge in [-0.1, -0.05) is 63.6 Å². The van der Waals surface area contributed by atoms with Crippen molar-refractivity contribution in [1.82, 2.24) is 24.4 Å². The second-order valence-electron chi connectivity index (χ2n) is 14.6. The Morgan fingerprint density at radius 1 is 1.00 bits per heavy atom. The summed E-state index contributed by atoms with van der Waals surface area (Å²) in [6.45, 7) is 18.8. The topological polar surface area (TPSA) is 96.7 Å². The predicted octanol–water partition coefficient (Wildman–Crippen LogP) is 7.64. The van der Waals surface area contributed by atoms with Crippen molar-refractivity contribution in [3.63, 3.8) is 0 Å². The van der Waals surface area contributed by atoms with E-state index in [-0.39, 0.29) is 30.0 Å². The average molecular weight is 674 g/mol. The third-order valence-corrected chi connectivity index (χ3v) is 9.00. The molecule has 1 aromatic carbocycles. The fraction of sp³-hybridized carbons (Fsp3) is 0.486. The molecule has 0 aliphatic carbocycles. The van der Waals surface area contributed by atoms with Crippen molar-refractivity contribution < 1.29 is 9.53 Å². The van der Waals surface area contributed by atoms with Crippen LogP contribution in [0.5, 0.6) is 0 Å². The van der Waals surface area contributed by atoms with Crippen molar-refractivity contribution in [2.45, 2.75) is 91.8 Å². The van der Waals surface area contributed by atoms with Gasteiger partial charge in [0.15, 0.2) is 5.65 Å². The Kier molecular flexibility index (Phi) is 9.79. The van der Waals surface area contributed by atoms with Crippen LogP contribution in [0.15, 0.2) is 47.4 Å². The van der Waals surface area contributed by atoms with Crippen LogP contribution in [0.1, 0.15) is 85.4 Å². The van der Waals surface area contributed by atoms with Gasteiger partial charge in [0.1, 0.15) is 11.4 Å².